The molecule has 0 rings (SSSR count). The highest BCUT2D eigenvalue weighted by atomic mass is 31.2. The van der Waals surface area contributed by atoms with Crippen molar-refractivity contribution in [2.45, 2.75) is 174 Å². The van der Waals surface area contributed by atoms with Crippen LogP contribution in [0.1, 0.15) is 180 Å². The first-order chi connectivity index (χ1) is 29.4. The number of hydrogen-bond donors (Lipinski definition) is 1. The van der Waals surface area contributed by atoms with Crippen molar-refractivity contribution in [2.24, 2.45) is 0 Å². The molecule has 0 radical (unpaired) electrons. The van der Waals surface area contributed by atoms with Gasteiger partial charge in [-0.1, -0.05) is 152 Å². The topological polar surface area (TPSA) is 108 Å². The summed E-state index contributed by atoms with van der Waals surface area (Å²) in [5.41, 5.74) is 0. The van der Waals surface area contributed by atoms with Crippen molar-refractivity contribution in [3.63, 3.8) is 0 Å². The van der Waals surface area contributed by atoms with Crippen molar-refractivity contribution < 1.29 is 54.4 Å². The SMILES string of the molecule is [2H]C([2H])([2H])C([2H])([2H])C([2H])([2H])C([2H])([2H])CCCCCCCCCCCC(=O)OC[C@H](COP(=O)(O)OCC[N+](C)(C)C)OC(=O)CCC/C=C/C/C=C/C/C=C/C/C=C/CCCCC. The number of phosphoric acid groups is 1. The van der Waals surface area contributed by atoms with Crippen LogP contribution in [-0.4, -0.2) is 74.9 Å². The van der Waals surface area contributed by atoms with Crippen LogP contribution in [0.4, 0.5) is 0 Å². The van der Waals surface area contributed by atoms with E-state index in [-0.39, 0.29) is 32.5 Å². The van der Waals surface area contributed by atoms with Gasteiger partial charge in [0.15, 0.2) is 6.10 Å². The van der Waals surface area contributed by atoms with Gasteiger partial charge in [0.1, 0.15) is 19.8 Å². The van der Waals surface area contributed by atoms with Crippen molar-refractivity contribution in [1.29, 1.82) is 0 Å². The molecule has 0 amide bonds. The second-order valence-corrected chi connectivity index (χ2v) is 15.9. The summed E-state index contributed by atoms with van der Waals surface area (Å²) in [5.74, 6) is -1.05. The normalized spacial score (nSPS) is 17.6. The van der Waals surface area contributed by atoms with E-state index in [2.05, 4.69) is 43.4 Å². The Kier molecular flexibility index (Phi) is 25.4. The predicted octanol–water partition coefficient (Wildman–Crippen LogP) is 11.9. The Labute approximate surface area is 343 Å². The zero-order valence-corrected chi connectivity index (χ0v) is 35.0. The summed E-state index contributed by atoms with van der Waals surface area (Å²) in [7, 11) is 1.25. The molecule has 9 nitrogen and oxygen atoms in total. The fourth-order valence-electron chi connectivity index (χ4n) is 5.02. The number of esters is 2. The molecule has 0 aliphatic carbocycles. The van der Waals surface area contributed by atoms with Gasteiger partial charge in [0.2, 0.25) is 0 Å². The average Bonchev–Trinajstić information content (AvgIpc) is 3.17. The van der Waals surface area contributed by atoms with Crippen molar-refractivity contribution in [1.82, 2.24) is 0 Å². The molecule has 314 valence electrons. The number of quaternary nitrogens is 1. The number of hydrogen-bond acceptors (Lipinski definition) is 7. The van der Waals surface area contributed by atoms with Crippen LogP contribution in [0.15, 0.2) is 48.6 Å². The average molecular weight is 792 g/mol. The Balaban J connectivity index is 4.62. The van der Waals surface area contributed by atoms with Crippen LogP contribution in [0.3, 0.4) is 0 Å². The van der Waals surface area contributed by atoms with Crippen molar-refractivity contribution >= 4 is 19.8 Å². The van der Waals surface area contributed by atoms with Crippen LogP contribution >= 0.6 is 7.82 Å². The molecule has 0 aromatic rings. The molecule has 0 aromatic carbocycles. The van der Waals surface area contributed by atoms with Crippen molar-refractivity contribution in [2.75, 3.05) is 47.5 Å². The largest absolute Gasteiger partial charge is 0.472 e. The molecule has 0 saturated carbocycles. The maximum Gasteiger partial charge on any atom is 0.472 e. The zero-order valence-electron chi connectivity index (χ0n) is 43.1. The maximum absolute atomic E-state index is 12.7. The molecule has 10 heteroatoms. The number of unbranched alkanes of at least 4 members (excludes halogenated alkanes) is 12. The predicted molar refractivity (Wildman–Crippen MR) is 224 cm³/mol. The molecule has 54 heavy (non-hydrogen) atoms. The highest BCUT2D eigenvalue weighted by Gasteiger charge is 2.27. The van der Waals surface area contributed by atoms with E-state index in [1.54, 1.807) is 0 Å². The Morgan fingerprint density at radius 2 is 1.22 bits per heavy atom. The number of likely N-dealkylation sites (N-methyl/N-ethyl adjacent to an activating group) is 1. The molecule has 0 heterocycles. The van der Waals surface area contributed by atoms with Crippen LogP contribution in [0.25, 0.3) is 0 Å². The first kappa shape index (κ1) is 37.5. The highest BCUT2D eigenvalue weighted by Crippen LogP contribution is 2.43. The second kappa shape index (κ2) is 36.6. The lowest BCUT2D eigenvalue weighted by atomic mass is 10.0. The van der Waals surface area contributed by atoms with Crippen LogP contribution in [0.5, 0.6) is 0 Å². The minimum atomic E-state index is -4.46. The van der Waals surface area contributed by atoms with E-state index in [1.807, 2.05) is 33.3 Å². The van der Waals surface area contributed by atoms with Crippen LogP contribution < -0.4 is 0 Å². The highest BCUT2D eigenvalue weighted by molar-refractivity contribution is 7.47. The Bertz CT molecular complexity index is 1420. The third-order valence-electron chi connectivity index (χ3n) is 8.21. The van der Waals surface area contributed by atoms with Gasteiger partial charge in [-0.15, -0.1) is 0 Å². The molecule has 0 aromatic heterocycles. The maximum atomic E-state index is 12.7. The smallest absolute Gasteiger partial charge is 0.462 e. The summed E-state index contributed by atoms with van der Waals surface area (Å²) in [6.07, 6.45) is 22.0. The zero-order chi connectivity index (χ0) is 47.9. The first-order valence-electron chi connectivity index (χ1n) is 24.8. The lowest BCUT2D eigenvalue weighted by Gasteiger charge is -2.24. The van der Waals surface area contributed by atoms with Gasteiger partial charge in [-0.05, 0) is 51.4 Å². The fourth-order valence-corrected chi connectivity index (χ4v) is 5.76. The molecule has 0 spiro atoms. The van der Waals surface area contributed by atoms with Crippen molar-refractivity contribution in [3.05, 3.63) is 48.6 Å². The number of carbonyl (C=O) groups excluding carboxylic acids is 2. The minimum Gasteiger partial charge on any atom is -0.462 e. The molecule has 1 N–H and O–H groups in total. The number of ether oxygens (including phenoxy) is 2. The standard InChI is InChI=1S/C44H80NO8P/c1-6-8-10-12-14-16-18-20-21-22-23-25-27-29-31-33-35-37-44(47)53-42(41-52-54(48,49)51-39-38-45(3,4)5)40-50-43(46)36-34-32-30-28-26-24-19-17-15-13-11-9-7-2/h14,16,20-21,23,25,29,31,42H,6-13,15,17-19,22,24,26-28,30,32-41H2,1-5H3/p+1/b16-14+,21-20+,25-23+,31-29+/t42-/m1/s1/i2D3,7D2,9D2,11D2. The molecule has 0 bridgehead atoms. The first-order valence-corrected chi connectivity index (χ1v) is 21.8. The van der Waals surface area contributed by atoms with Gasteiger partial charge in [-0.3, -0.25) is 18.6 Å². The fraction of sp³-hybridized carbons (Fsp3) is 0.773. The molecular weight excluding hydrogens is 701 g/mol. The van der Waals surface area contributed by atoms with Crippen LogP contribution in [0.2, 0.25) is 0 Å². The lowest BCUT2D eigenvalue weighted by molar-refractivity contribution is -0.870. The van der Waals surface area contributed by atoms with Gasteiger partial charge in [-0.2, -0.15) is 0 Å². The van der Waals surface area contributed by atoms with Crippen LogP contribution in [0, 0.1) is 0 Å². The van der Waals surface area contributed by atoms with Gasteiger partial charge >= 0.3 is 19.8 Å². The summed E-state index contributed by atoms with van der Waals surface area (Å²) in [5, 5.41) is 0. The van der Waals surface area contributed by atoms with Gasteiger partial charge in [0, 0.05) is 25.2 Å². The Hall–Kier alpha value is -2.03. The van der Waals surface area contributed by atoms with E-state index in [4.69, 9.17) is 30.9 Å². The van der Waals surface area contributed by atoms with Gasteiger partial charge in [-0.25, -0.2) is 4.57 Å². The number of carbonyl (C=O) groups is 2. The lowest BCUT2D eigenvalue weighted by Crippen LogP contribution is -2.37. The molecule has 0 fully saturated rings. The summed E-state index contributed by atoms with van der Waals surface area (Å²) >= 11 is 0. The van der Waals surface area contributed by atoms with Gasteiger partial charge in [0.05, 0.1) is 27.7 Å². The Morgan fingerprint density at radius 1 is 0.685 bits per heavy atom. The molecular formula is C44H81NO8P+. The van der Waals surface area contributed by atoms with E-state index >= 15 is 0 Å². The number of rotatable bonds is 38. The number of allylic oxidation sites excluding steroid dienone is 8. The minimum absolute atomic E-state index is 0.0326. The van der Waals surface area contributed by atoms with E-state index < -0.39 is 58.4 Å². The molecule has 0 aliphatic heterocycles. The van der Waals surface area contributed by atoms with Crippen molar-refractivity contribution in [3.8, 4) is 0 Å². The molecule has 0 aliphatic rings. The summed E-state index contributed by atoms with van der Waals surface area (Å²) in [6.45, 7) is -1.52. The third kappa shape index (κ3) is 39.7. The van der Waals surface area contributed by atoms with E-state index in [9.17, 15) is 19.0 Å². The monoisotopic (exact) mass is 792 g/mol. The quantitative estimate of drug-likeness (QED) is 0.0216. The molecule has 0 saturated heterocycles. The summed E-state index contributed by atoms with van der Waals surface area (Å²) in [6, 6.07) is 0. The van der Waals surface area contributed by atoms with E-state index in [0.29, 0.717) is 43.1 Å². The third-order valence-corrected chi connectivity index (χ3v) is 9.20. The van der Waals surface area contributed by atoms with E-state index in [1.165, 1.54) is 19.3 Å². The molecule has 2 atom stereocenters. The summed E-state index contributed by atoms with van der Waals surface area (Å²) in [4.78, 5) is 35.4. The second-order valence-electron chi connectivity index (χ2n) is 14.5. The summed E-state index contributed by atoms with van der Waals surface area (Å²) < 4.78 is 103. The van der Waals surface area contributed by atoms with Crippen LogP contribution in [-0.2, 0) is 32.7 Å². The van der Waals surface area contributed by atoms with Gasteiger partial charge < -0.3 is 18.9 Å². The number of nitrogens with zero attached hydrogens (tertiary/aromatic N) is 1. The number of phosphoric ester groups is 1. The Morgan fingerprint density at radius 3 is 1.80 bits per heavy atom. The van der Waals surface area contributed by atoms with Gasteiger partial charge in [0.25, 0.3) is 0 Å². The molecule has 1 unspecified atom stereocenters. The van der Waals surface area contributed by atoms with E-state index in [0.717, 1.165) is 64.2 Å².